The molecule has 1 nitrogen and oxygen atoms in total. The van der Waals surface area contributed by atoms with Gasteiger partial charge in [-0.2, -0.15) is 0 Å². The lowest BCUT2D eigenvalue weighted by atomic mass is 9.57. The molecule has 1 aromatic rings. The van der Waals surface area contributed by atoms with Crippen LogP contribution >= 0.6 is 0 Å². The minimum atomic E-state index is 0.714. The molecule has 1 aliphatic rings. The molecule has 1 saturated carbocycles. The van der Waals surface area contributed by atoms with Crippen molar-refractivity contribution in [1.82, 2.24) is 0 Å². The van der Waals surface area contributed by atoms with Gasteiger partial charge in [-0.25, -0.2) is 0 Å². The first-order chi connectivity index (χ1) is 10.2. The van der Waals surface area contributed by atoms with E-state index >= 15 is 0 Å². The highest BCUT2D eigenvalue weighted by Gasteiger charge is 2.41. The second kappa shape index (κ2) is 7.87. The van der Waals surface area contributed by atoms with Gasteiger partial charge >= 0.3 is 0 Å². The van der Waals surface area contributed by atoms with Gasteiger partial charge in [-0.1, -0.05) is 44.4 Å². The lowest BCUT2D eigenvalue weighted by molar-refractivity contribution is 0.0259. The molecule has 0 heterocycles. The average Bonchev–Trinajstić information content (AvgIpc) is 2.43. The van der Waals surface area contributed by atoms with Crippen LogP contribution in [0.15, 0.2) is 24.3 Å². The highest BCUT2D eigenvalue weighted by molar-refractivity contribution is 5.26. The maximum Gasteiger partial charge on any atom is 0.119 e. The van der Waals surface area contributed by atoms with Crippen LogP contribution in [0, 0.1) is 18.3 Å². The first-order valence-electron chi connectivity index (χ1n) is 8.87. The zero-order valence-corrected chi connectivity index (χ0v) is 14.2. The van der Waals surface area contributed by atoms with Crippen molar-refractivity contribution in [2.75, 3.05) is 6.61 Å². The zero-order chi connectivity index (χ0) is 15.1. The van der Waals surface area contributed by atoms with Crippen LogP contribution in [0.4, 0.5) is 0 Å². The maximum absolute atomic E-state index is 5.83. The Morgan fingerprint density at radius 2 is 1.67 bits per heavy atom. The summed E-state index contributed by atoms with van der Waals surface area (Å²) in [6.07, 6.45) is 11.1. The monoisotopic (exact) mass is 288 g/mol. The minimum Gasteiger partial charge on any atom is -0.494 e. The molecule has 0 saturated heterocycles. The van der Waals surface area contributed by atoms with Crippen LogP contribution in [0.2, 0.25) is 0 Å². The SMILES string of the molecule is CCCC1(CCC)CC(CCCOc2ccc(C)cc2)C1. The first-order valence-corrected chi connectivity index (χ1v) is 8.87. The van der Waals surface area contributed by atoms with Gasteiger partial charge in [0.25, 0.3) is 0 Å². The third-order valence-corrected chi connectivity index (χ3v) is 5.05. The van der Waals surface area contributed by atoms with E-state index in [9.17, 15) is 0 Å². The van der Waals surface area contributed by atoms with E-state index < -0.39 is 0 Å². The summed E-state index contributed by atoms with van der Waals surface area (Å²) in [4.78, 5) is 0. The van der Waals surface area contributed by atoms with Crippen LogP contribution in [-0.4, -0.2) is 6.61 Å². The molecule has 1 heteroatoms. The Morgan fingerprint density at radius 3 is 2.24 bits per heavy atom. The predicted octanol–water partition coefficient (Wildman–Crippen LogP) is 6.15. The fraction of sp³-hybridized carbons (Fsp3) is 0.700. The molecule has 0 bridgehead atoms. The van der Waals surface area contributed by atoms with E-state index in [-0.39, 0.29) is 0 Å². The smallest absolute Gasteiger partial charge is 0.119 e. The number of hydrogen-bond acceptors (Lipinski definition) is 1. The number of aryl methyl sites for hydroxylation is 1. The Labute approximate surface area is 131 Å². The summed E-state index contributed by atoms with van der Waals surface area (Å²) in [6, 6.07) is 8.38. The van der Waals surface area contributed by atoms with Gasteiger partial charge in [-0.3, -0.25) is 0 Å². The predicted molar refractivity (Wildman–Crippen MR) is 90.9 cm³/mol. The maximum atomic E-state index is 5.83. The first kappa shape index (κ1) is 16.4. The van der Waals surface area contributed by atoms with Crippen molar-refractivity contribution in [2.24, 2.45) is 11.3 Å². The van der Waals surface area contributed by atoms with E-state index in [0.717, 1.165) is 18.3 Å². The van der Waals surface area contributed by atoms with Gasteiger partial charge in [0.2, 0.25) is 0 Å². The Hall–Kier alpha value is -0.980. The summed E-state index contributed by atoms with van der Waals surface area (Å²) < 4.78 is 5.83. The molecule has 21 heavy (non-hydrogen) atoms. The van der Waals surface area contributed by atoms with E-state index in [4.69, 9.17) is 4.74 Å². The van der Waals surface area contributed by atoms with E-state index in [2.05, 4.69) is 45.0 Å². The van der Waals surface area contributed by atoms with E-state index in [1.165, 1.54) is 56.9 Å². The fourth-order valence-corrected chi connectivity index (χ4v) is 4.16. The van der Waals surface area contributed by atoms with Crippen LogP contribution in [0.25, 0.3) is 0 Å². The molecule has 0 aromatic heterocycles. The molecule has 1 aromatic carbocycles. The highest BCUT2D eigenvalue weighted by atomic mass is 16.5. The summed E-state index contributed by atoms with van der Waals surface area (Å²) in [5, 5.41) is 0. The normalized spacial score (nSPS) is 17.5. The van der Waals surface area contributed by atoms with Crippen molar-refractivity contribution in [3.63, 3.8) is 0 Å². The molecule has 0 radical (unpaired) electrons. The summed E-state index contributed by atoms with van der Waals surface area (Å²) in [6.45, 7) is 7.65. The molecule has 0 unspecified atom stereocenters. The molecular weight excluding hydrogens is 256 g/mol. The molecule has 0 N–H and O–H groups in total. The summed E-state index contributed by atoms with van der Waals surface area (Å²) in [7, 11) is 0. The minimum absolute atomic E-state index is 0.714. The molecule has 0 aliphatic heterocycles. The molecule has 0 atom stereocenters. The van der Waals surface area contributed by atoms with Crippen molar-refractivity contribution in [3.8, 4) is 5.75 Å². The number of rotatable bonds is 9. The van der Waals surface area contributed by atoms with Crippen LogP contribution in [0.5, 0.6) is 5.75 Å². The Balaban J connectivity index is 1.61. The standard InChI is InChI=1S/C20H32O/c1-4-12-20(13-5-2)15-18(16-20)7-6-14-21-19-10-8-17(3)9-11-19/h8-11,18H,4-7,12-16H2,1-3H3. The molecule has 2 rings (SSSR count). The lowest BCUT2D eigenvalue weighted by Gasteiger charge is -2.48. The Kier molecular flexibility index (Phi) is 6.14. The Morgan fingerprint density at radius 1 is 1.05 bits per heavy atom. The van der Waals surface area contributed by atoms with Crippen molar-refractivity contribution in [1.29, 1.82) is 0 Å². The number of benzene rings is 1. The van der Waals surface area contributed by atoms with Gasteiger partial charge in [0.15, 0.2) is 0 Å². The second-order valence-corrected chi connectivity index (χ2v) is 7.08. The van der Waals surface area contributed by atoms with Crippen LogP contribution in [0.3, 0.4) is 0 Å². The number of ether oxygens (including phenoxy) is 1. The van der Waals surface area contributed by atoms with Crippen molar-refractivity contribution in [3.05, 3.63) is 29.8 Å². The van der Waals surface area contributed by atoms with Crippen molar-refractivity contribution in [2.45, 2.75) is 72.1 Å². The van der Waals surface area contributed by atoms with Crippen LogP contribution < -0.4 is 4.74 Å². The number of hydrogen-bond donors (Lipinski definition) is 0. The second-order valence-electron chi connectivity index (χ2n) is 7.08. The average molecular weight is 288 g/mol. The molecular formula is C20H32O. The van der Waals surface area contributed by atoms with Gasteiger partial charge in [0.1, 0.15) is 5.75 Å². The van der Waals surface area contributed by atoms with E-state index in [1.54, 1.807) is 0 Å². The topological polar surface area (TPSA) is 9.23 Å². The lowest BCUT2D eigenvalue weighted by Crippen LogP contribution is -2.37. The fourth-order valence-electron chi connectivity index (χ4n) is 4.16. The zero-order valence-electron chi connectivity index (χ0n) is 14.2. The summed E-state index contributed by atoms with van der Waals surface area (Å²) >= 11 is 0. The summed E-state index contributed by atoms with van der Waals surface area (Å²) in [5.41, 5.74) is 2.01. The van der Waals surface area contributed by atoms with Gasteiger partial charge in [0.05, 0.1) is 6.61 Å². The Bertz CT molecular complexity index is 392. The van der Waals surface area contributed by atoms with Crippen LogP contribution in [0.1, 0.15) is 70.8 Å². The molecule has 1 fully saturated rings. The van der Waals surface area contributed by atoms with Gasteiger partial charge < -0.3 is 4.74 Å². The quantitative estimate of drug-likeness (QED) is 0.495. The van der Waals surface area contributed by atoms with Crippen molar-refractivity contribution >= 4 is 0 Å². The van der Waals surface area contributed by atoms with Gasteiger partial charge in [-0.15, -0.1) is 0 Å². The van der Waals surface area contributed by atoms with Crippen LogP contribution in [-0.2, 0) is 0 Å². The largest absolute Gasteiger partial charge is 0.494 e. The van der Waals surface area contributed by atoms with Gasteiger partial charge in [-0.05, 0) is 68.9 Å². The molecule has 0 amide bonds. The van der Waals surface area contributed by atoms with E-state index in [0.29, 0.717) is 5.41 Å². The molecule has 118 valence electrons. The molecule has 1 aliphatic carbocycles. The third-order valence-electron chi connectivity index (χ3n) is 5.05. The molecule has 0 spiro atoms. The summed E-state index contributed by atoms with van der Waals surface area (Å²) in [5.74, 6) is 1.98. The highest BCUT2D eigenvalue weighted by Crippen LogP contribution is 2.53. The van der Waals surface area contributed by atoms with E-state index in [1.807, 2.05) is 0 Å². The van der Waals surface area contributed by atoms with Crippen molar-refractivity contribution < 1.29 is 4.74 Å². The van der Waals surface area contributed by atoms with Gasteiger partial charge in [0, 0.05) is 0 Å². The third kappa shape index (κ3) is 4.76.